The van der Waals surface area contributed by atoms with Gasteiger partial charge in [-0.15, -0.1) is 0 Å². The molecule has 0 fully saturated rings. The molecule has 3 nitrogen and oxygen atoms in total. The molecule has 1 aromatic carbocycles. The van der Waals surface area contributed by atoms with Gasteiger partial charge in [-0.1, -0.05) is 19.1 Å². The number of carboxylic acid groups (broad SMARTS) is 1. The predicted octanol–water partition coefficient (Wildman–Crippen LogP) is 3.24. The van der Waals surface area contributed by atoms with Gasteiger partial charge in [0, 0.05) is 23.6 Å². The summed E-state index contributed by atoms with van der Waals surface area (Å²) in [5.74, 6) is -0.701. The molecule has 1 unspecified atom stereocenters. The maximum Gasteiger partial charge on any atom is 0.303 e. The first-order chi connectivity index (χ1) is 8.13. The predicted molar refractivity (Wildman–Crippen MR) is 68.3 cm³/mol. The second-order valence-corrected chi connectivity index (χ2v) is 4.38. The molecule has 0 amide bonds. The number of aliphatic carboxylic acids is 1. The number of benzene rings is 1. The number of aryl methyl sites for hydroxylation is 1. The number of rotatable bonds is 4. The molecule has 0 aliphatic rings. The van der Waals surface area contributed by atoms with E-state index >= 15 is 0 Å². The fourth-order valence-corrected chi connectivity index (χ4v) is 2.32. The van der Waals surface area contributed by atoms with Crippen LogP contribution in [0.15, 0.2) is 30.5 Å². The van der Waals surface area contributed by atoms with Crippen molar-refractivity contribution in [1.82, 2.24) is 4.57 Å². The third-order valence-electron chi connectivity index (χ3n) is 3.20. The van der Waals surface area contributed by atoms with Gasteiger partial charge in [0.15, 0.2) is 0 Å². The molecule has 0 bridgehead atoms. The van der Waals surface area contributed by atoms with Crippen LogP contribution in [0.5, 0.6) is 0 Å². The summed E-state index contributed by atoms with van der Waals surface area (Å²) in [5, 5.41) is 10.0. The van der Waals surface area contributed by atoms with Gasteiger partial charge >= 0.3 is 5.97 Å². The fourth-order valence-electron chi connectivity index (χ4n) is 2.32. The normalized spacial score (nSPS) is 12.8. The molecule has 2 aromatic rings. The third-order valence-corrected chi connectivity index (χ3v) is 3.20. The smallest absolute Gasteiger partial charge is 0.303 e. The molecule has 1 heterocycles. The van der Waals surface area contributed by atoms with Crippen LogP contribution in [0, 0.1) is 0 Å². The van der Waals surface area contributed by atoms with Crippen molar-refractivity contribution in [3.8, 4) is 0 Å². The van der Waals surface area contributed by atoms with Crippen molar-refractivity contribution >= 4 is 16.9 Å². The molecule has 0 radical (unpaired) electrons. The maximum atomic E-state index is 10.8. The van der Waals surface area contributed by atoms with Crippen molar-refractivity contribution in [3.63, 3.8) is 0 Å². The van der Waals surface area contributed by atoms with Crippen LogP contribution in [0.3, 0.4) is 0 Å². The molecule has 1 atom stereocenters. The molecular weight excluding hydrogens is 214 g/mol. The summed E-state index contributed by atoms with van der Waals surface area (Å²) in [7, 11) is 0. The van der Waals surface area contributed by atoms with E-state index in [-0.39, 0.29) is 12.3 Å². The summed E-state index contributed by atoms with van der Waals surface area (Å²) in [5.41, 5.74) is 2.30. The quantitative estimate of drug-likeness (QED) is 0.877. The zero-order valence-electron chi connectivity index (χ0n) is 10.2. The maximum absolute atomic E-state index is 10.8. The van der Waals surface area contributed by atoms with Crippen LogP contribution in [-0.4, -0.2) is 15.6 Å². The van der Waals surface area contributed by atoms with Crippen LogP contribution < -0.4 is 0 Å². The Morgan fingerprint density at radius 3 is 2.82 bits per heavy atom. The minimum Gasteiger partial charge on any atom is -0.481 e. The van der Waals surface area contributed by atoms with Gasteiger partial charge in [0.2, 0.25) is 0 Å². The number of fused-ring (bicyclic) bond motifs is 1. The highest BCUT2D eigenvalue weighted by molar-refractivity contribution is 5.84. The molecule has 1 N–H and O–H groups in total. The molecule has 0 aliphatic heterocycles. The van der Waals surface area contributed by atoms with E-state index in [0.29, 0.717) is 0 Å². The second kappa shape index (κ2) is 4.62. The number of hydrogen-bond acceptors (Lipinski definition) is 1. The van der Waals surface area contributed by atoms with E-state index in [1.54, 1.807) is 0 Å². The van der Waals surface area contributed by atoms with E-state index in [0.717, 1.165) is 12.1 Å². The summed E-state index contributed by atoms with van der Waals surface area (Å²) < 4.78 is 2.17. The van der Waals surface area contributed by atoms with Crippen LogP contribution in [-0.2, 0) is 11.3 Å². The summed E-state index contributed by atoms with van der Waals surface area (Å²) in [4.78, 5) is 10.8. The van der Waals surface area contributed by atoms with Crippen LogP contribution in [0.1, 0.15) is 31.7 Å². The molecule has 17 heavy (non-hydrogen) atoms. The lowest BCUT2D eigenvalue weighted by Crippen LogP contribution is -2.03. The first kappa shape index (κ1) is 11.7. The van der Waals surface area contributed by atoms with Crippen molar-refractivity contribution in [3.05, 3.63) is 36.0 Å². The van der Waals surface area contributed by atoms with Crippen LogP contribution in [0.25, 0.3) is 10.9 Å². The summed E-state index contributed by atoms with van der Waals surface area (Å²) >= 11 is 0. The summed E-state index contributed by atoms with van der Waals surface area (Å²) in [6.07, 6.45) is 2.23. The van der Waals surface area contributed by atoms with Gasteiger partial charge in [-0.25, -0.2) is 0 Å². The monoisotopic (exact) mass is 231 g/mol. The standard InChI is InChI=1S/C14H17NO2/c1-3-15-8-7-12-11(5-4-6-13(12)15)10(2)9-14(16)17/h4-8,10H,3,9H2,1-2H3,(H,16,17). The first-order valence-corrected chi connectivity index (χ1v) is 5.93. The van der Waals surface area contributed by atoms with Crippen LogP contribution in [0.4, 0.5) is 0 Å². The average molecular weight is 231 g/mol. The third kappa shape index (κ3) is 2.18. The molecule has 0 spiro atoms. The Balaban J connectivity index is 2.47. The van der Waals surface area contributed by atoms with Gasteiger partial charge in [0.05, 0.1) is 6.42 Å². The Morgan fingerprint density at radius 2 is 2.18 bits per heavy atom. The highest BCUT2D eigenvalue weighted by Gasteiger charge is 2.14. The van der Waals surface area contributed by atoms with Crippen molar-refractivity contribution in [2.45, 2.75) is 32.7 Å². The van der Waals surface area contributed by atoms with Gasteiger partial charge in [0.25, 0.3) is 0 Å². The van der Waals surface area contributed by atoms with Gasteiger partial charge in [-0.3, -0.25) is 4.79 Å². The van der Waals surface area contributed by atoms with Gasteiger partial charge < -0.3 is 9.67 Å². The van der Waals surface area contributed by atoms with Crippen molar-refractivity contribution in [2.24, 2.45) is 0 Å². The molecule has 1 aromatic heterocycles. The van der Waals surface area contributed by atoms with E-state index in [1.165, 1.54) is 10.9 Å². The van der Waals surface area contributed by atoms with Crippen LogP contribution in [0.2, 0.25) is 0 Å². The second-order valence-electron chi connectivity index (χ2n) is 4.38. The molecule has 2 rings (SSSR count). The lowest BCUT2D eigenvalue weighted by molar-refractivity contribution is -0.137. The van der Waals surface area contributed by atoms with Gasteiger partial charge in [-0.05, 0) is 30.5 Å². The summed E-state index contributed by atoms with van der Waals surface area (Å²) in [6.45, 7) is 5.00. The van der Waals surface area contributed by atoms with E-state index in [2.05, 4.69) is 29.8 Å². The van der Waals surface area contributed by atoms with Crippen molar-refractivity contribution < 1.29 is 9.90 Å². The number of aromatic nitrogens is 1. The highest BCUT2D eigenvalue weighted by atomic mass is 16.4. The first-order valence-electron chi connectivity index (χ1n) is 5.93. The molecule has 0 saturated heterocycles. The Morgan fingerprint density at radius 1 is 1.41 bits per heavy atom. The topological polar surface area (TPSA) is 42.2 Å². The van der Waals surface area contributed by atoms with Crippen molar-refractivity contribution in [1.29, 1.82) is 0 Å². The van der Waals surface area contributed by atoms with Gasteiger partial charge in [0.1, 0.15) is 0 Å². The number of hydrogen-bond donors (Lipinski definition) is 1. The zero-order valence-corrected chi connectivity index (χ0v) is 10.2. The van der Waals surface area contributed by atoms with Crippen molar-refractivity contribution in [2.75, 3.05) is 0 Å². The largest absolute Gasteiger partial charge is 0.481 e. The Hall–Kier alpha value is -1.77. The highest BCUT2D eigenvalue weighted by Crippen LogP contribution is 2.28. The lowest BCUT2D eigenvalue weighted by Gasteiger charge is -2.11. The fraction of sp³-hybridized carbons (Fsp3) is 0.357. The van der Waals surface area contributed by atoms with E-state index in [4.69, 9.17) is 5.11 Å². The minimum absolute atomic E-state index is 0.0453. The lowest BCUT2D eigenvalue weighted by atomic mass is 9.95. The van der Waals surface area contributed by atoms with E-state index in [1.807, 2.05) is 19.1 Å². The molecular formula is C14H17NO2. The number of carbonyl (C=O) groups is 1. The minimum atomic E-state index is -0.746. The molecule has 3 heteroatoms. The average Bonchev–Trinajstić information content (AvgIpc) is 2.70. The molecule has 0 aliphatic carbocycles. The number of nitrogens with zero attached hydrogens (tertiary/aromatic N) is 1. The van der Waals surface area contributed by atoms with E-state index in [9.17, 15) is 4.79 Å². The Bertz CT molecular complexity index is 542. The molecule has 0 saturated carbocycles. The van der Waals surface area contributed by atoms with Gasteiger partial charge in [-0.2, -0.15) is 0 Å². The summed E-state index contributed by atoms with van der Waals surface area (Å²) in [6, 6.07) is 8.18. The number of carboxylic acids is 1. The Kier molecular flexibility index (Phi) is 3.18. The van der Waals surface area contributed by atoms with E-state index < -0.39 is 5.97 Å². The Labute approximate surface area is 101 Å². The SMILES string of the molecule is CCn1ccc2c(C(C)CC(=O)O)cccc21. The molecule has 90 valence electrons. The van der Waals surface area contributed by atoms with Crippen LogP contribution >= 0.6 is 0 Å². The zero-order chi connectivity index (χ0) is 12.4.